The molecule has 0 aromatic heterocycles. The van der Waals surface area contributed by atoms with Gasteiger partial charge >= 0.3 is 0 Å². The second kappa shape index (κ2) is 4.59. The average molecular weight is 220 g/mol. The summed E-state index contributed by atoms with van der Waals surface area (Å²) in [5.41, 5.74) is 0. The van der Waals surface area contributed by atoms with Crippen LogP contribution in [0.2, 0.25) is 0 Å². The third-order valence-electron chi connectivity index (χ3n) is 2.25. The van der Waals surface area contributed by atoms with Crippen molar-refractivity contribution in [3.63, 3.8) is 0 Å². The Bertz CT molecular complexity index is 271. The summed E-state index contributed by atoms with van der Waals surface area (Å²) in [6.45, 7) is 6.27. The summed E-state index contributed by atoms with van der Waals surface area (Å²) in [6.07, 6.45) is 1.98. The van der Waals surface area contributed by atoms with Gasteiger partial charge in [0, 0.05) is 18.6 Å². The molecule has 4 nitrogen and oxygen atoms in total. The minimum atomic E-state index is -3.11. The summed E-state index contributed by atoms with van der Waals surface area (Å²) in [6, 6.07) is 0.537. The summed E-state index contributed by atoms with van der Waals surface area (Å²) < 4.78 is 26.0. The Morgan fingerprint density at radius 3 is 2.29 bits per heavy atom. The third-order valence-corrected chi connectivity index (χ3v) is 4.14. The lowest BCUT2D eigenvalue weighted by Gasteiger charge is -2.15. The van der Waals surface area contributed by atoms with Crippen LogP contribution in [0.25, 0.3) is 0 Å². The van der Waals surface area contributed by atoms with E-state index in [-0.39, 0.29) is 11.3 Å². The Morgan fingerprint density at radius 1 is 1.29 bits per heavy atom. The second-order valence-electron chi connectivity index (χ2n) is 4.31. The van der Waals surface area contributed by atoms with Crippen LogP contribution in [0.15, 0.2) is 0 Å². The molecule has 1 rings (SSSR count). The molecule has 0 spiro atoms. The van der Waals surface area contributed by atoms with Crippen LogP contribution in [-0.4, -0.2) is 32.3 Å². The number of rotatable bonds is 6. The first-order valence-corrected chi connectivity index (χ1v) is 6.71. The van der Waals surface area contributed by atoms with Crippen molar-refractivity contribution in [2.24, 2.45) is 0 Å². The van der Waals surface area contributed by atoms with Gasteiger partial charge < -0.3 is 5.32 Å². The van der Waals surface area contributed by atoms with E-state index in [2.05, 4.69) is 10.0 Å². The molecule has 84 valence electrons. The molecule has 1 unspecified atom stereocenters. The van der Waals surface area contributed by atoms with E-state index >= 15 is 0 Å². The van der Waals surface area contributed by atoms with Gasteiger partial charge in [0.1, 0.15) is 0 Å². The SMILES string of the molecule is CC(C)NCC(C)S(=O)(=O)NC1CC1. The molecule has 0 radical (unpaired) electrons. The highest BCUT2D eigenvalue weighted by atomic mass is 32.2. The molecule has 5 heteroatoms. The van der Waals surface area contributed by atoms with Crippen LogP contribution in [-0.2, 0) is 10.0 Å². The van der Waals surface area contributed by atoms with Crippen LogP contribution in [0, 0.1) is 0 Å². The lowest BCUT2D eigenvalue weighted by molar-refractivity contribution is 0.540. The van der Waals surface area contributed by atoms with Gasteiger partial charge in [-0.1, -0.05) is 13.8 Å². The molecule has 0 bridgehead atoms. The standard InChI is InChI=1S/C9H20N2O2S/c1-7(2)10-6-8(3)14(12,13)11-9-4-5-9/h7-11H,4-6H2,1-3H3. The largest absolute Gasteiger partial charge is 0.313 e. The molecular formula is C9H20N2O2S. The van der Waals surface area contributed by atoms with Crippen LogP contribution in [0.3, 0.4) is 0 Å². The molecule has 0 aromatic rings. The molecule has 0 heterocycles. The first-order chi connectivity index (χ1) is 6.42. The zero-order valence-electron chi connectivity index (χ0n) is 9.08. The molecule has 1 aliphatic carbocycles. The summed E-state index contributed by atoms with van der Waals surface area (Å²) in [5, 5.41) is 2.77. The Morgan fingerprint density at radius 2 is 1.86 bits per heavy atom. The van der Waals surface area contributed by atoms with E-state index in [1.165, 1.54) is 0 Å². The van der Waals surface area contributed by atoms with Gasteiger partial charge in [-0.15, -0.1) is 0 Å². The predicted molar refractivity (Wildman–Crippen MR) is 57.7 cm³/mol. The van der Waals surface area contributed by atoms with Gasteiger partial charge in [-0.3, -0.25) is 0 Å². The van der Waals surface area contributed by atoms with Crippen LogP contribution in [0.4, 0.5) is 0 Å². The maximum absolute atomic E-state index is 11.6. The number of hydrogen-bond acceptors (Lipinski definition) is 3. The molecule has 1 fully saturated rings. The maximum atomic E-state index is 11.6. The smallest absolute Gasteiger partial charge is 0.215 e. The van der Waals surface area contributed by atoms with Crippen LogP contribution in [0.5, 0.6) is 0 Å². The van der Waals surface area contributed by atoms with E-state index in [4.69, 9.17) is 0 Å². The van der Waals surface area contributed by atoms with Gasteiger partial charge in [-0.25, -0.2) is 13.1 Å². The number of nitrogens with one attached hydrogen (secondary N) is 2. The van der Waals surface area contributed by atoms with Crippen molar-refractivity contribution in [1.82, 2.24) is 10.0 Å². The molecular weight excluding hydrogens is 200 g/mol. The van der Waals surface area contributed by atoms with Gasteiger partial charge in [-0.2, -0.15) is 0 Å². The molecule has 1 atom stereocenters. The summed E-state index contributed by atoms with van der Waals surface area (Å²) in [4.78, 5) is 0. The normalized spacial score (nSPS) is 20.0. The Kier molecular flexibility index (Phi) is 3.92. The topological polar surface area (TPSA) is 58.2 Å². The van der Waals surface area contributed by atoms with E-state index in [1.54, 1.807) is 6.92 Å². The minimum absolute atomic E-state index is 0.210. The van der Waals surface area contributed by atoms with Gasteiger partial charge in [0.2, 0.25) is 10.0 Å². The molecule has 0 aromatic carbocycles. The van der Waals surface area contributed by atoms with Crippen molar-refractivity contribution in [2.75, 3.05) is 6.54 Å². The fraction of sp³-hybridized carbons (Fsp3) is 1.00. The van der Waals surface area contributed by atoms with Crippen LogP contribution in [0.1, 0.15) is 33.6 Å². The number of sulfonamides is 1. The first kappa shape index (κ1) is 11.9. The Hall–Kier alpha value is -0.130. The summed E-state index contributed by atoms with van der Waals surface area (Å²) >= 11 is 0. The minimum Gasteiger partial charge on any atom is -0.313 e. The van der Waals surface area contributed by atoms with E-state index in [0.717, 1.165) is 12.8 Å². The fourth-order valence-electron chi connectivity index (χ4n) is 1.06. The van der Waals surface area contributed by atoms with E-state index in [0.29, 0.717) is 12.6 Å². The van der Waals surface area contributed by atoms with Gasteiger partial charge in [0.05, 0.1) is 5.25 Å². The third kappa shape index (κ3) is 3.94. The van der Waals surface area contributed by atoms with Crippen molar-refractivity contribution in [3.05, 3.63) is 0 Å². The van der Waals surface area contributed by atoms with Crippen LogP contribution >= 0.6 is 0 Å². The molecule has 2 N–H and O–H groups in total. The van der Waals surface area contributed by atoms with Crippen molar-refractivity contribution >= 4 is 10.0 Å². The molecule has 1 aliphatic rings. The molecule has 1 saturated carbocycles. The van der Waals surface area contributed by atoms with Crippen molar-refractivity contribution in [2.45, 2.75) is 50.9 Å². The molecule has 0 aliphatic heterocycles. The predicted octanol–water partition coefficient (Wildman–Crippen LogP) is 0.455. The van der Waals surface area contributed by atoms with Crippen molar-refractivity contribution in [1.29, 1.82) is 0 Å². The maximum Gasteiger partial charge on any atom is 0.215 e. The van der Waals surface area contributed by atoms with E-state index < -0.39 is 10.0 Å². The highest BCUT2D eigenvalue weighted by Crippen LogP contribution is 2.20. The highest BCUT2D eigenvalue weighted by Gasteiger charge is 2.30. The van der Waals surface area contributed by atoms with Gasteiger partial charge in [0.25, 0.3) is 0 Å². The van der Waals surface area contributed by atoms with Crippen LogP contribution < -0.4 is 10.0 Å². The molecule has 14 heavy (non-hydrogen) atoms. The quantitative estimate of drug-likeness (QED) is 0.683. The number of hydrogen-bond donors (Lipinski definition) is 2. The highest BCUT2D eigenvalue weighted by molar-refractivity contribution is 7.90. The first-order valence-electron chi connectivity index (χ1n) is 5.16. The Labute approximate surface area is 86.5 Å². The zero-order valence-corrected chi connectivity index (χ0v) is 9.89. The Balaban J connectivity index is 2.36. The molecule has 0 saturated heterocycles. The summed E-state index contributed by atoms with van der Waals surface area (Å²) in [7, 11) is -3.11. The van der Waals surface area contributed by atoms with Crippen molar-refractivity contribution < 1.29 is 8.42 Å². The van der Waals surface area contributed by atoms with Crippen molar-refractivity contribution in [3.8, 4) is 0 Å². The summed E-state index contributed by atoms with van der Waals surface area (Å²) in [5.74, 6) is 0. The molecule has 0 amide bonds. The van der Waals surface area contributed by atoms with Gasteiger partial charge in [-0.05, 0) is 19.8 Å². The van der Waals surface area contributed by atoms with Gasteiger partial charge in [0.15, 0.2) is 0 Å². The lowest BCUT2D eigenvalue weighted by Crippen LogP contribution is -2.41. The zero-order chi connectivity index (χ0) is 10.8. The monoisotopic (exact) mass is 220 g/mol. The second-order valence-corrected chi connectivity index (χ2v) is 6.44. The van der Waals surface area contributed by atoms with E-state index in [9.17, 15) is 8.42 Å². The fourth-order valence-corrected chi connectivity index (χ4v) is 2.31. The van der Waals surface area contributed by atoms with E-state index in [1.807, 2.05) is 13.8 Å². The lowest BCUT2D eigenvalue weighted by atomic mass is 10.3. The average Bonchev–Trinajstić information content (AvgIpc) is 2.82.